The summed E-state index contributed by atoms with van der Waals surface area (Å²) >= 11 is 13.5. The van der Waals surface area contributed by atoms with Gasteiger partial charge in [-0.25, -0.2) is 4.98 Å². The van der Waals surface area contributed by atoms with Gasteiger partial charge < -0.3 is 27.0 Å². The van der Waals surface area contributed by atoms with Gasteiger partial charge in [-0.05, 0) is 36.4 Å². The molecule has 0 aliphatic carbocycles. The second-order valence-corrected chi connectivity index (χ2v) is 8.58. The standard InChI is InChI=1S/C20H20Cl2N6OS/c21-13-5-6-14(23)16(22)15(13)17(29)18-19(24)27-20(30-18)26-11-1-3-12(4-2-11)28-9-7-25-8-10-28/h1-6,25H,7-10,23-24H2,(H,26,27). The van der Waals surface area contributed by atoms with Crippen LogP contribution in [0.15, 0.2) is 36.4 Å². The molecule has 0 atom stereocenters. The second kappa shape index (κ2) is 8.69. The molecule has 1 aromatic heterocycles. The lowest BCUT2D eigenvalue weighted by molar-refractivity contribution is 0.104. The number of thiazole rings is 1. The molecule has 156 valence electrons. The summed E-state index contributed by atoms with van der Waals surface area (Å²) in [5.41, 5.74) is 14.2. The van der Waals surface area contributed by atoms with Crippen molar-refractivity contribution in [3.05, 3.63) is 56.9 Å². The van der Waals surface area contributed by atoms with Crippen molar-refractivity contribution in [2.45, 2.75) is 0 Å². The fourth-order valence-electron chi connectivity index (χ4n) is 3.24. The average Bonchev–Trinajstić information content (AvgIpc) is 3.12. The largest absolute Gasteiger partial charge is 0.398 e. The van der Waals surface area contributed by atoms with Crippen molar-refractivity contribution in [2.75, 3.05) is 47.9 Å². The minimum Gasteiger partial charge on any atom is -0.398 e. The van der Waals surface area contributed by atoms with Crippen LogP contribution in [0.2, 0.25) is 10.0 Å². The number of aromatic nitrogens is 1. The highest BCUT2D eigenvalue weighted by Gasteiger charge is 2.24. The Morgan fingerprint density at radius 3 is 2.50 bits per heavy atom. The minimum absolute atomic E-state index is 0.110. The number of hydrogen-bond acceptors (Lipinski definition) is 8. The fraction of sp³-hybridized carbons (Fsp3) is 0.200. The number of nitrogens with two attached hydrogens (primary N) is 2. The summed E-state index contributed by atoms with van der Waals surface area (Å²) in [7, 11) is 0. The van der Waals surface area contributed by atoms with E-state index in [4.69, 9.17) is 34.7 Å². The zero-order valence-corrected chi connectivity index (χ0v) is 18.2. The van der Waals surface area contributed by atoms with Gasteiger partial charge in [-0.15, -0.1) is 0 Å². The lowest BCUT2D eigenvalue weighted by atomic mass is 10.1. The molecule has 1 fully saturated rings. The predicted octanol–water partition coefficient (Wildman–Crippen LogP) is 4.00. The van der Waals surface area contributed by atoms with Gasteiger partial charge in [0.1, 0.15) is 10.7 Å². The molecule has 6 N–H and O–H groups in total. The number of rotatable bonds is 5. The van der Waals surface area contributed by atoms with Crippen LogP contribution in [-0.4, -0.2) is 36.9 Å². The van der Waals surface area contributed by atoms with Gasteiger partial charge in [-0.3, -0.25) is 4.79 Å². The van der Waals surface area contributed by atoms with Crippen LogP contribution in [0.3, 0.4) is 0 Å². The SMILES string of the molecule is Nc1ccc(Cl)c(C(=O)c2sc(Nc3ccc(N4CCNCC4)cc3)nc2N)c1Cl. The fourth-order valence-corrected chi connectivity index (χ4v) is 4.63. The van der Waals surface area contributed by atoms with Gasteiger partial charge in [-0.1, -0.05) is 34.5 Å². The van der Waals surface area contributed by atoms with Gasteiger partial charge in [0, 0.05) is 37.6 Å². The van der Waals surface area contributed by atoms with Crippen molar-refractivity contribution in [3.63, 3.8) is 0 Å². The first-order chi connectivity index (χ1) is 14.4. The maximum atomic E-state index is 13.0. The number of carbonyl (C=O) groups excluding carboxylic acids is 1. The van der Waals surface area contributed by atoms with Crippen molar-refractivity contribution >= 4 is 68.3 Å². The van der Waals surface area contributed by atoms with Gasteiger partial charge in [0.25, 0.3) is 0 Å². The Morgan fingerprint density at radius 1 is 1.10 bits per heavy atom. The monoisotopic (exact) mass is 462 g/mol. The molecule has 0 radical (unpaired) electrons. The highest BCUT2D eigenvalue weighted by atomic mass is 35.5. The molecule has 30 heavy (non-hydrogen) atoms. The van der Waals surface area contributed by atoms with E-state index < -0.39 is 5.78 Å². The Morgan fingerprint density at radius 2 is 1.80 bits per heavy atom. The average molecular weight is 463 g/mol. The molecule has 4 rings (SSSR count). The highest BCUT2D eigenvalue weighted by molar-refractivity contribution is 7.18. The predicted molar refractivity (Wildman–Crippen MR) is 126 cm³/mol. The molecule has 1 aliphatic rings. The van der Waals surface area contributed by atoms with E-state index in [1.807, 2.05) is 12.1 Å². The molecule has 2 heterocycles. The molecule has 1 saturated heterocycles. The van der Waals surface area contributed by atoms with Crippen LogP contribution in [0.1, 0.15) is 15.2 Å². The van der Waals surface area contributed by atoms with Gasteiger partial charge in [0.05, 0.1) is 21.3 Å². The lowest BCUT2D eigenvalue weighted by Gasteiger charge is -2.29. The van der Waals surface area contributed by atoms with E-state index in [-0.39, 0.29) is 32.0 Å². The summed E-state index contributed by atoms with van der Waals surface area (Å²) < 4.78 is 0. The van der Waals surface area contributed by atoms with E-state index in [0.29, 0.717) is 5.13 Å². The Labute approximate surface area is 188 Å². The van der Waals surface area contributed by atoms with Gasteiger partial charge >= 0.3 is 0 Å². The van der Waals surface area contributed by atoms with Crippen molar-refractivity contribution in [3.8, 4) is 0 Å². The third-order valence-electron chi connectivity index (χ3n) is 4.81. The molecule has 0 amide bonds. The first-order valence-corrected chi connectivity index (χ1v) is 10.9. The Balaban J connectivity index is 1.53. The normalized spacial score (nSPS) is 14.0. The zero-order chi connectivity index (χ0) is 21.3. The van der Waals surface area contributed by atoms with Crippen molar-refractivity contribution in [1.29, 1.82) is 0 Å². The van der Waals surface area contributed by atoms with Crippen LogP contribution >= 0.6 is 34.5 Å². The van der Waals surface area contributed by atoms with Crippen molar-refractivity contribution in [1.82, 2.24) is 10.3 Å². The number of piperazine rings is 1. The molecule has 1 aliphatic heterocycles. The first kappa shape index (κ1) is 20.7. The Hall–Kier alpha value is -2.52. The molecule has 3 aromatic rings. The number of nitrogens with zero attached hydrogens (tertiary/aromatic N) is 2. The minimum atomic E-state index is -0.408. The lowest BCUT2D eigenvalue weighted by Crippen LogP contribution is -2.43. The van der Waals surface area contributed by atoms with E-state index >= 15 is 0 Å². The van der Waals surface area contributed by atoms with Gasteiger partial charge in [-0.2, -0.15) is 0 Å². The molecule has 2 aromatic carbocycles. The van der Waals surface area contributed by atoms with Gasteiger partial charge in [0.2, 0.25) is 5.78 Å². The van der Waals surface area contributed by atoms with Crippen LogP contribution < -0.4 is 27.0 Å². The van der Waals surface area contributed by atoms with E-state index in [0.717, 1.165) is 43.2 Å². The molecule has 0 bridgehead atoms. The molecular weight excluding hydrogens is 443 g/mol. The van der Waals surface area contributed by atoms with Gasteiger partial charge in [0.15, 0.2) is 5.13 Å². The maximum Gasteiger partial charge on any atom is 0.209 e. The van der Waals surface area contributed by atoms with Crippen molar-refractivity contribution in [2.24, 2.45) is 0 Å². The number of nitrogen functional groups attached to an aromatic ring is 2. The third-order valence-corrected chi connectivity index (χ3v) is 6.52. The highest BCUT2D eigenvalue weighted by Crippen LogP contribution is 2.36. The smallest absolute Gasteiger partial charge is 0.209 e. The quantitative estimate of drug-likeness (QED) is 0.335. The topological polar surface area (TPSA) is 109 Å². The number of hydrogen-bond donors (Lipinski definition) is 4. The van der Waals surface area contributed by atoms with Crippen molar-refractivity contribution < 1.29 is 4.79 Å². The van der Waals surface area contributed by atoms with Crippen LogP contribution in [0.4, 0.5) is 28.0 Å². The van der Waals surface area contributed by atoms with E-state index in [1.165, 1.54) is 11.8 Å². The van der Waals surface area contributed by atoms with Crippen LogP contribution in [-0.2, 0) is 0 Å². The summed E-state index contributed by atoms with van der Waals surface area (Å²) in [6.45, 7) is 3.93. The summed E-state index contributed by atoms with van der Waals surface area (Å²) in [5, 5.41) is 7.36. The number of anilines is 5. The Kier molecular flexibility index (Phi) is 6.01. The molecular formula is C20H20Cl2N6OS. The van der Waals surface area contributed by atoms with E-state index in [2.05, 4.69) is 32.7 Å². The summed E-state index contributed by atoms with van der Waals surface area (Å²) in [6, 6.07) is 11.1. The Bertz CT molecular complexity index is 1080. The molecule has 10 heteroatoms. The molecule has 7 nitrogen and oxygen atoms in total. The zero-order valence-electron chi connectivity index (χ0n) is 15.9. The summed E-state index contributed by atoms with van der Waals surface area (Å²) in [4.78, 5) is 19.8. The second-order valence-electron chi connectivity index (χ2n) is 6.80. The third kappa shape index (κ3) is 4.17. The van der Waals surface area contributed by atoms with Crippen LogP contribution in [0.5, 0.6) is 0 Å². The number of halogens is 2. The van der Waals surface area contributed by atoms with E-state index in [1.54, 1.807) is 6.07 Å². The number of ketones is 1. The number of carbonyl (C=O) groups is 1. The maximum absolute atomic E-state index is 13.0. The molecule has 0 saturated carbocycles. The van der Waals surface area contributed by atoms with Crippen LogP contribution in [0, 0.1) is 0 Å². The molecule has 0 spiro atoms. The summed E-state index contributed by atoms with van der Waals surface area (Å²) in [6.07, 6.45) is 0. The summed E-state index contributed by atoms with van der Waals surface area (Å²) in [5.74, 6) is -0.297. The number of benzene rings is 2. The molecule has 0 unspecified atom stereocenters. The van der Waals surface area contributed by atoms with E-state index in [9.17, 15) is 4.79 Å². The first-order valence-electron chi connectivity index (χ1n) is 9.31. The van der Waals surface area contributed by atoms with Crippen LogP contribution in [0.25, 0.3) is 0 Å². The number of nitrogens with one attached hydrogen (secondary N) is 2.